The van der Waals surface area contributed by atoms with Crippen LogP contribution in [-0.4, -0.2) is 40.5 Å². The quantitative estimate of drug-likeness (QED) is 0.324. The second-order valence-electron chi connectivity index (χ2n) is 8.74. The van der Waals surface area contributed by atoms with Gasteiger partial charge in [-0.15, -0.1) is 0 Å². The summed E-state index contributed by atoms with van der Waals surface area (Å²) in [6.07, 6.45) is 5.53. The van der Waals surface area contributed by atoms with Gasteiger partial charge < -0.3 is 14.8 Å². The molecule has 1 aliphatic heterocycles. The van der Waals surface area contributed by atoms with Crippen molar-refractivity contribution in [1.29, 1.82) is 0 Å². The average Bonchev–Trinajstić information content (AvgIpc) is 2.67. The van der Waals surface area contributed by atoms with Gasteiger partial charge in [0.25, 0.3) is 0 Å². The molecule has 9 heteroatoms. The van der Waals surface area contributed by atoms with Gasteiger partial charge in [0.1, 0.15) is 17.0 Å². The molecule has 1 aliphatic rings. The number of unbranched alkanes of at least 4 members (excludes halogenated alkanes) is 1. The van der Waals surface area contributed by atoms with Crippen LogP contribution in [0.5, 0.6) is 0 Å². The highest BCUT2D eigenvalue weighted by Crippen LogP contribution is 2.71. The third-order valence-electron chi connectivity index (χ3n) is 6.02. The van der Waals surface area contributed by atoms with Gasteiger partial charge in [-0.2, -0.15) is 0 Å². The predicted octanol–water partition coefficient (Wildman–Crippen LogP) is 6.08. The van der Waals surface area contributed by atoms with E-state index in [4.69, 9.17) is 13.6 Å². The summed E-state index contributed by atoms with van der Waals surface area (Å²) in [5, 5.41) is 19.7. The zero-order valence-corrected chi connectivity index (χ0v) is 20.8. The molecule has 0 saturated carbocycles. The first-order valence-corrected chi connectivity index (χ1v) is 14.3. The molecule has 0 aromatic carbocycles. The fourth-order valence-corrected chi connectivity index (χ4v) is 9.31. The molecule has 1 fully saturated rings. The first-order chi connectivity index (χ1) is 13.5. The number of rotatable bonds is 13. The lowest BCUT2D eigenvalue weighted by Gasteiger charge is -2.44. The van der Waals surface area contributed by atoms with Gasteiger partial charge in [-0.25, -0.2) is 4.57 Å². The zero-order valence-electron chi connectivity index (χ0n) is 19.1. The summed E-state index contributed by atoms with van der Waals surface area (Å²) in [5.74, 6) is -2.50. The zero-order chi connectivity index (χ0) is 22.3. The number of phosphoric ester groups is 1. The molecule has 1 rings (SSSR count). The van der Waals surface area contributed by atoms with E-state index in [9.17, 15) is 19.3 Å². The predicted molar refractivity (Wildman–Crippen MR) is 116 cm³/mol. The van der Waals surface area contributed by atoms with Crippen molar-refractivity contribution in [2.24, 2.45) is 5.41 Å². The van der Waals surface area contributed by atoms with Gasteiger partial charge in [0, 0.05) is 5.41 Å². The molecule has 0 aromatic heterocycles. The largest absolute Gasteiger partial charge is 0.475 e. The molecule has 174 valence electrons. The first kappa shape index (κ1) is 27.3. The normalized spacial score (nSPS) is 29.9. The molecule has 2 N–H and O–H groups in total. The van der Waals surface area contributed by atoms with Crippen molar-refractivity contribution in [3.8, 4) is 0 Å². The molecule has 0 spiro atoms. The Morgan fingerprint density at radius 3 is 1.90 bits per heavy atom. The molecule has 0 radical (unpaired) electrons. The van der Waals surface area contributed by atoms with Gasteiger partial charge in [-0.3, -0.25) is 13.6 Å². The van der Waals surface area contributed by atoms with Gasteiger partial charge in [-0.05, 0) is 39.5 Å². The Bertz CT molecular complexity index is 565. The van der Waals surface area contributed by atoms with Crippen LogP contribution in [0.3, 0.4) is 0 Å². The highest BCUT2D eigenvalue weighted by molar-refractivity contribution is 7.66. The summed E-state index contributed by atoms with van der Waals surface area (Å²) >= 11 is 0. The second-order valence-corrected chi connectivity index (χ2v) is 14.0. The maximum Gasteiger partial charge on any atom is 0.475 e. The topological polar surface area (TPSA) is 102 Å². The molecule has 1 heterocycles. The molecule has 0 amide bonds. The Morgan fingerprint density at radius 1 is 1.03 bits per heavy atom. The van der Waals surface area contributed by atoms with Crippen molar-refractivity contribution in [3.63, 3.8) is 0 Å². The van der Waals surface area contributed by atoms with E-state index in [1.54, 1.807) is 0 Å². The molecular weight excluding hydrogens is 414 g/mol. The lowest BCUT2D eigenvalue weighted by Crippen LogP contribution is -2.39. The Hall–Kier alpha value is 0.260. The number of hydrogen-bond acceptors (Lipinski definition) is 7. The average molecular weight is 456 g/mol. The van der Waals surface area contributed by atoms with E-state index in [2.05, 4.69) is 13.8 Å². The van der Waals surface area contributed by atoms with Gasteiger partial charge in [-0.1, -0.05) is 53.4 Å². The van der Waals surface area contributed by atoms with Crippen LogP contribution in [0.25, 0.3) is 0 Å². The van der Waals surface area contributed by atoms with Crippen molar-refractivity contribution in [2.75, 3.05) is 13.2 Å². The van der Waals surface area contributed by atoms with Crippen molar-refractivity contribution < 1.29 is 32.9 Å². The lowest BCUT2D eigenvalue weighted by molar-refractivity contribution is -0.0375. The van der Waals surface area contributed by atoms with E-state index < -0.39 is 32.0 Å². The minimum Gasteiger partial charge on any atom is -0.385 e. The van der Waals surface area contributed by atoms with Crippen molar-refractivity contribution in [1.82, 2.24) is 0 Å². The monoisotopic (exact) mass is 456 g/mol. The fraction of sp³-hybridized carbons (Fsp3) is 1.00. The van der Waals surface area contributed by atoms with Crippen molar-refractivity contribution in [2.45, 2.75) is 110 Å². The maximum atomic E-state index is 13.9. The smallest absolute Gasteiger partial charge is 0.385 e. The van der Waals surface area contributed by atoms with Crippen molar-refractivity contribution in [3.05, 3.63) is 0 Å². The van der Waals surface area contributed by atoms with E-state index in [0.717, 1.165) is 25.7 Å². The summed E-state index contributed by atoms with van der Waals surface area (Å²) in [6, 6.07) is 0. The van der Waals surface area contributed by atoms with E-state index in [1.807, 2.05) is 13.8 Å². The highest BCUT2D eigenvalue weighted by atomic mass is 31.2. The Morgan fingerprint density at radius 2 is 1.52 bits per heavy atom. The summed E-state index contributed by atoms with van der Waals surface area (Å²) in [6.45, 7) is 11.4. The molecule has 0 bridgehead atoms. The third kappa shape index (κ3) is 6.38. The maximum absolute atomic E-state index is 13.9. The Balaban J connectivity index is 3.05. The molecule has 0 aliphatic carbocycles. The second kappa shape index (κ2) is 11.2. The highest BCUT2D eigenvalue weighted by Gasteiger charge is 2.56. The molecule has 2 atom stereocenters. The van der Waals surface area contributed by atoms with Gasteiger partial charge >= 0.3 is 7.82 Å². The van der Waals surface area contributed by atoms with Gasteiger partial charge in [0.05, 0.1) is 13.2 Å². The lowest BCUT2D eigenvalue weighted by atomic mass is 9.82. The van der Waals surface area contributed by atoms with E-state index in [1.165, 1.54) is 13.8 Å². The van der Waals surface area contributed by atoms with Crippen LogP contribution < -0.4 is 0 Å². The summed E-state index contributed by atoms with van der Waals surface area (Å²) < 4.78 is 44.0. The molecule has 1 saturated heterocycles. The van der Waals surface area contributed by atoms with Crippen LogP contribution in [-0.2, 0) is 22.7 Å². The van der Waals surface area contributed by atoms with Crippen LogP contribution in [0.15, 0.2) is 0 Å². The Kier molecular flexibility index (Phi) is 10.6. The van der Waals surface area contributed by atoms with Crippen LogP contribution in [0.1, 0.15) is 92.9 Å². The van der Waals surface area contributed by atoms with Gasteiger partial charge in [0.2, 0.25) is 0 Å². The van der Waals surface area contributed by atoms with Crippen LogP contribution in [0, 0.1) is 5.41 Å². The number of hydrogen-bond donors (Lipinski definition) is 2. The summed E-state index contributed by atoms with van der Waals surface area (Å²) in [4.78, 5) is 0. The van der Waals surface area contributed by atoms with Crippen LogP contribution in [0.4, 0.5) is 0 Å². The fourth-order valence-electron chi connectivity index (χ4n) is 3.79. The van der Waals surface area contributed by atoms with E-state index >= 15 is 0 Å². The Labute approximate surface area is 176 Å². The molecule has 2 unspecified atom stereocenters. The molecule has 7 nitrogen and oxygen atoms in total. The van der Waals surface area contributed by atoms with Crippen LogP contribution in [0.2, 0.25) is 0 Å². The van der Waals surface area contributed by atoms with Crippen molar-refractivity contribution >= 4 is 15.0 Å². The third-order valence-corrected chi connectivity index (χ3v) is 11.8. The van der Waals surface area contributed by atoms with Gasteiger partial charge in [0.15, 0.2) is 7.14 Å². The number of aliphatic hydroxyl groups is 2. The summed E-state index contributed by atoms with van der Waals surface area (Å²) in [7, 11) is -7.72. The molecule has 29 heavy (non-hydrogen) atoms. The molecule has 0 aromatic rings. The van der Waals surface area contributed by atoms with Crippen LogP contribution >= 0.6 is 15.0 Å². The SMILES string of the molecule is CCCCC1(CC)COP(=O)(OC(C)(C)P(=O)(C(O)CCC)C(O)CCC)OC1. The standard InChI is InChI=1S/C20H42O7P2/c1-7-11-14-20(10-4)15-25-29(24,26-16-20)27-19(5,6)28(23,17(21)12-8-2)18(22)13-9-3/h17-18,21-22H,7-16H2,1-6H3. The minimum atomic E-state index is -3.97. The van der Waals surface area contributed by atoms with E-state index in [0.29, 0.717) is 12.8 Å². The first-order valence-electron chi connectivity index (χ1n) is 11.0. The minimum absolute atomic E-state index is 0.204. The van der Waals surface area contributed by atoms with E-state index in [-0.39, 0.29) is 31.5 Å². The molecular formula is C20H42O7P2. The number of aliphatic hydroxyl groups excluding tert-OH is 2. The summed E-state index contributed by atoms with van der Waals surface area (Å²) in [5.41, 5.74) is -0.204. The number of phosphoric acid groups is 1.